The van der Waals surface area contributed by atoms with E-state index in [0.717, 1.165) is 36.6 Å². The Bertz CT molecular complexity index is 834. The number of urea groups is 1. The van der Waals surface area contributed by atoms with Gasteiger partial charge in [0.2, 0.25) is 0 Å². The minimum Gasteiger partial charge on any atom is -0.351 e. The normalized spacial score (nSPS) is 18.7. The van der Waals surface area contributed by atoms with Gasteiger partial charge in [-0.1, -0.05) is 31.0 Å². The number of aromatic nitrogens is 1. The molecule has 1 aliphatic carbocycles. The predicted molar refractivity (Wildman–Crippen MR) is 96.7 cm³/mol. The molecule has 2 aliphatic rings. The summed E-state index contributed by atoms with van der Waals surface area (Å²) in [5.41, 5.74) is 0.759. The molecule has 1 aromatic carbocycles. The second kappa shape index (κ2) is 6.48. The number of amides is 4. The third-order valence-electron chi connectivity index (χ3n) is 5.32. The van der Waals surface area contributed by atoms with Crippen LogP contribution in [0.1, 0.15) is 42.6 Å². The van der Waals surface area contributed by atoms with E-state index in [2.05, 4.69) is 15.6 Å². The van der Waals surface area contributed by atoms with Crippen molar-refractivity contribution in [3.05, 3.63) is 36.0 Å². The number of H-pyrrole nitrogens is 1. The fourth-order valence-electron chi connectivity index (χ4n) is 3.93. The van der Waals surface area contributed by atoms with Crippen LogP contribution in [0, 0.1) is 0 Å². The Balaban J connectivity index is 1.29. The summed E-state index contributed by atoms with van der Waals surface area (Å²) in [6, 6.07) is 9.20. The molecule has 0 unspecified atom stereocenters. The number of para-hydroxylation sites is 1. The lowest BCUT2D eigenvalue weighted by atomic mass is 9.98. The Kier molecular flexibility index (Phi) is 4.14. The summed E-state index contributed by atoms with van der Waals surface area (Å²) in [6.45, 7) is 0.720. The number of carbonyl (C=O) groups is 3. The van der Waals surface area contributed by atoms with E-state index in [0.29, 0.717) is 25.2 Å². The standard InChI is InChI=1S/C19H22N4O3/c24-16(15-12-13-6-1-2-7-14(13)21-15)20-10-5-11-23-17(25)19(22-18(23)26)8-3-4-9-19/h1-2,6-7,12,21H,3-5,8-11H2,(H,20,24)(H,22,26). The molecule has 7 heteroatoms. The Hall–Kier alpha value is -2.83. The Morgan fingerprint density at radius 2 is 1.96 bits per heavy atom. The first kappa shape index (κ1) is 16.6. The van der Waals surface area contributed by atoms with Crippen molar-refractivity contribution in [1.29, 1.82) is 0 Å². The van der Waals surface area contributed by atoms with Crippen molar-refractivity contribution in [3.63, 3.8) is 0 Å². The molecular weight excluding hydrogens is 332 g/mol. The van der Waals surface area contributed by atoms with Crippen molar-refractivity contribution in [3.8, 4) is 0 Å². The molecular formula is C19H22N4O3. The number of imide groups is 1. The summed E-state index contributed by atoms with van der Waals surface area (Å²) in [4.78, 5) is 41.3. The topological polar surface area (TPSA) is 94.3 Å². The van der Waals surface area contributed by atoms with Crippen LogP contribution in [0.2, 0.25) is 0 Å². The van der Waals surface area contributed by atoms with E-state index in [1.165, 1.54) is 4.90 Å². The van der Waals surface area contributed by atoms with E-state index >= 15 is 0 Å². The van der Waals surface area contributed by atoms with Crippen LogP contribution in [-0.2, 0) is 4.79 Å². The fraction of sp³-hybridized carbons (Fsp3) is 0.421. The maximum absolute atomic E-state index is 12.5. The number of benzene rings is 1. The molecule has 136 valence electrons. The zero-order chi connectivity index (χ0) is 18.1. The third-order valence-corrected chi connectivity index (χ3v) is 5.32. The van der Waals surface area contributed by atoms with E-state index in [4.69, 9.17) is 0 Å². The average molecular weight is 354 g/mol. The van der Waals surface area contributed by atoms with Crippen molar-refractivity contribution in [2.75, 3.05) is 13.1 Å². The second-order valence-electron chi connectivity index (χ2n) is 7.06. The Morgan fingerprint density at radius 1 is 1.19 bits per heavy atom. The van der Waals surface area contributed by atoms with Crippen molar-refractivity contribution < 1.29 is 14.4 Å². The van der Waals surface area contributed by atoms with Crippen LogP contribution >= 0.6 is 0 Å². The highest BCUT2D eigenvalue weighted by atomic mass is 16.2. The van der Waals surface area contributed by atoms with E-state index in [1.54, 1.807) is 0 Å². The van der Waals surface area contributed by atoms with Gasteiger partial charge in [0.05, 0.1) is 0 Å². The largest absolute Gasteiger partial charge is 0.351 e. The summed E-state index contributed by atoms with van der Waals surface area (Å²) in [7, 11) is 0. The molecule has 1 saturated carbocycles. The van der Waals surface area contributed by atoms with Crippen LogP contribution in [0.25, 0.3) is 10.9 Å². The lowest BCUT2D eigenvalue weighted by Gasteiger charge is -2.20. The molecule has 1 aliphatic heterocycles. The monoisotopic (exact) mass is 354 g/mol. The molecule has 26 heavy (non-hydrogen) atoms. The Morgan fingerprint density at radius 3 is 2.73 bits per heavy atom. The molecule has 0 radical (unpaired) electrons. The minimum atomic E-state index is -0.662. The van der Waals surface area contributed by atoms with Crippen LogP contribution in [0.3, 0.4) is 0 Å². The van der Waals surface area contributed by atoms with Gasteiger partial charge in [-0.05, 0) is 31.4 Å². The van der Waals surface area contributed by atoms with Crippen LogP contribution < -0.4 is 10.6 Å². The molecule has 2 heterocycles. The van der Waals surface area contributed by atoms with Crippen LogP contribution in [0.15, 0.2) is 30.3 Å². The van der Waals surface area contributed by atoms with Crippen molar-refractivity contribution in [2.24, 2.45) is 0 Å². The first-order chi connectivity index (χ1) is 12.6. The average Bonchev–Trinajstić information content (AvgIpc) is 3.32. The number of carbonyl (C=O) groups excluding carboxylic acids is 3. The lowest BCUT2D eigenvalue weighted by Crippen LogP contribution is -2.44. The molecule has 1 saturated heterocycles. The van der Waals surface area contributed by atoms with Crippen molar-refractivity contribution in [2.45, 2.75) is 37.6 Å². The zero-order valence-corrected chi connectivity index (χ0v) is 14.5. The number of hydrogen-bond donors (Lipinski definition) is 3. The summed E-state index contributed by atoms with van der Waals surface area (Å²) in [5, 5.41) is 6.68. The van der Waals surface area contributed by atoms with E-state index in [-0.39, 0.29) is 17.8 Å². The van der Waals surface area contributed by atoms with Crippen molar-refractivity contribution in [1.82, 2.24) is 20.5 Å². The van der Waals surface area contributed by atoms with E-state index in [9.17, 15) is 14.4 Å². The fourth-order valence-corrected chi connectivity index (χ4v) is 3.93. The molecule has 2 fully saturated rings. The zero-order valence-electron chi connectivity index (χ0n) is 14.5. The van der Waals surface area contributed by atoms with E-state index in [1.807, 2.05) is 30.3 Å². The maximum Gasteiger partial charge on any atom is 0.325 e. The van der Waals surface area contributed by atoms with Gasteiger partial charge in [0.25, 0.3) is 11.8 Å². The highest BCUT2D eigenvalue weighted by Gasteiger charge is 2.51. The summed E-state index contributed by atoms with van der Waals surface area (Å²) < 4.78 is 0. The maximum atomic E-state index is 12.5. The number of fused-ring (bicyclic) bond motifs is 1. The van der Waals surface area contributed by atoms with Gasteiger partial charge in [-0.2, -0.15) is 0 Å². The summed E-state index contributed by atoms with van der Waals surface area (Å²) >= 11 is 0. The molecule has 3 N–H and O–H groups in total. The van der Waals surface area contributed by atoms with Crippen LogP contribution in [0.5, 0.6) is 0 Å². The van der Waals surface area contributed by atoms with Gasteiger partial charge in [-0.15, -0.1) is 0 Å². The molecule has 0 atom stereocenters. The lowest BCUT2D eigenvalue weighted by molar-refractivity contribution is -0.131. The first-order valence-corrected chi connectivity index (χ1v) is 9.09. The van der Waals surface area contributed by atoms with E-state index < -0.39 is 5.54 Å². The molecule has 7 nitrogen and oxygen atoms in total. The number of aromatic amines is 1. The van der Waals surface area contributed by atoms with Crippen LogP contribution in [-0.4, -0.2) is 46.4 Å². The molecule has 2 aromatic rings. The molecule has 4 amide bonds. The van der Waals surface area contributed by atoms with Gasteiger partial charge in [-0.3, -0.25) is 14.5 Å². The summed E-state index contributed by atoms with van der Waals surface area (Å²) in [5.74, 6) is -0.299. The summed E-state index contributed by atoms with van der Waals surface area (Å²) in [6.07, 6.45) is 3.93. The SMILES string of the molecule is O=C(NCCCN1C(=O)NC2(CCCC2)C1=O)c1cc2ccccc2[nH]1. The predicted octanol–water partition coefficient (Wildman–Crippen LogP) is 2.15. The highest BCUT2D eigenvalue weighted by molar-refractivity contribution is 6.07. The Labute approximate surface area is 151 Å². The number of nitrogens with one attached hydrogen (secondary N) is 3. The van der Waals surface area contributed by atoms with Gasteiger partial charge in [0, 0.05) is 24.0 Å². The number of nitrogens with zero attached hydrogens (tertiary/aromatic N) is 1. The first-order valence-electron chi connectivity index (χ1n) is 9.09. The van der Waals surface area contributed by atoms with Gasteiger partial charge in [0.1, 0.15) is 11.2 Å². The van der Waals surface area contributed by atoms with Gasteiger partial charge >= 0.3 is 6.03 Å². The third kappa shape index (κ3) is 2.83. The van der Waals surface area contributed by atoms with Gasteiger partial charge < -0.3 is 15.6 Å². The number of hydrogen-bond acceptors (Lipinski definition) is 3. The highest BCUT2D eigenvalue weighted by Crippen LogP contribution is 2.34. The van der Waals surface area contributed by atoms with Crippen LogP contribution in [0.4, 0.5) is 4.79 Å². The number of rotatable bonds is 5. The quantitative estimate of drug-likeness (QED) is 0.567. The second-order valence-corrected chi connectivity index (χ2v) is 7.06. The van der Waals surface area contributed by atoms with Gasteiger partial charge in [0.15, 0.2) is 0 Å². The minimum absolute atomic E-state index is 0.109. The smallest absolute Gasteiger partial charge is 0.325 e. The van der Waals surface area contributed by atoms with Gasteiger partial charge in [-0.25, -0.2) is 4.79 Å². The molecule has 1 spiro atoms. The molecule has 0 bridgehead atoms. The molecule has 1 aromatic heterocycles. The molecule has 4 rings (SSSR count). The van der Waals surface area contributed by atoms with Crippen molar-refractivity contribution >= 4 is 28.7 Å².